The minimum atomic E-state index is 0.0604. The van der Waals surface area contributed by atoms with Crippen molar-refractivity contribution in [3.05, 3.63) is 0 Å². The third-order valence-electron chi connectivity index (χ3n) is 3.59. The van der Waals surface area contributed by atoms with Crippen molar-refractivity contribution in [1.82, 2.24) is 10.2 Å². The van der Waals surface area contributed by atoms with Crippen molar-refractivity contribution < 1.29 is 4.79 Å². The first kappa shape index (κ1) is 16.8. The number of hydrogen-bond donors (Lipinski definition) is 1. The molecule has 1 aliphatic heterocycles. The van der Waals surface area contributed by atoms with Crippen LogP contribution in [0.1, 0.15) is 52.4 Å². The van der Waals surface area contributed by atoms with Gasteiger partial charge in [-0.15, -0.1) is 0 Å². The van der Waals surface area contributed by atoms with Crippen molar-refractivity contribution in [3.63, 3.8) is 0 Å². The summed E-state index contributed by atoms with van der Waals surface area (Å²) in [5.41, 5.74) is 0. The molecule has 19 heavy (non-hydrogen) atoms. The molecule has 0 aromatic heterocycles. The smallest absolute Gasteiger partial charge is 0.239 e. The van der Waals surface area contributed by atoms with Crippen molar-refractivity contribution >= 4 is 17.7 Å². The van der Waals surface area contributed by atoms with E-state index in [9.17, 15) is 4.79 Å². The number of rotatable bonds is 9. The zero-order chi connectivity index (χ0) is 14.1. The van der Waals surface area contributed by atoms with Crippen molar-refractivity contribution in [2.24, 2.45) is 0 Å². The highest BCUT2D eigenvalue weighted by molar-refractivity contribution is 7.98. The van der Waals surface area contributed by atoms with Gasteiger partial charge in [0, 0.05) is 19.1 Å². The van der Waals surface area contributed by atoms with Crippen molar-refractivity contribution in [3.8, 4) is 0 Å². The van der Waals surface area contributed by atoms with Crippen LogP contribution in [-0.4, -0.2) is 48.0 Å². The lowest BCUT2D eigenvalue weighted by Gasteiger charge is -2.33. The highest BCUT2D eigenvalue weighted by Gasteiger charge is 2.28. The summed E-state index contributed by atoms with van der Waals surface area (Å²) in [5, 5.41) is 3.39. The normalized spacial score (nSPS) is 20.3. The minimum absolute atomic E-state index is 0.0604. The fraction of sp³-hybridized carbons (Fsp3) is 0.933. The highest BCUT2D eigenvalue weighted by atomic mass is 32.2. The molecule has 1 N–H and O–H groups in total. The Balaban J connectivity index is 2.19. The first-order valence-electron chi connectivity index (χ1n) is 7.69. The van der Waals surface area contributed by atoms with Crippen LogP contribution < -0.4 is 5.32 Å². The third-order valence-corrected chi connectivity index (χ3v) is 4.29. The molecule has 4 heteroatoms. The average Bonchev–Trinajstić information content (AvgIpc) is 2.37. The van der Waals surface area contributed by atoms with E-state index in [0.717, 1.165) is 32.4 Å². The standard InChI is InChI=1S/C15H30N2OS/c1-13(2)16-14-9-8-11-17(15(14)18)10-6-4-5-7-12-19-3/h13-14,16H,4-12H2,1-3H3. The minimum Gasteiger partial charge on any atom is -0.341 e. The van der Waals surface area contributed by atoms with Crippen LogP contribution in [0.15, 0.2) is 0 Å². The van der Waals surface area contributed by atoms with E-state index in [1.165, 1.54) is 25.0 Å². The number of piperidine rings is 1. The van der Waals surface area contributed by atoms with Gasteiger partial charge < -0.3 is 10.2 Å². The van der Waals surface area contributed by atoms with E-state index in [1.807, 2.05) is 11.8 Å². The molecule has 0 saturated carbocycles. The monoisotopic (exact) mass is 286 g/mol. The van der Waals surface area contributed by atoms with E-state index >= 15 is 0 Å². The van der Waals surface area contributed by atoms with Crippen LogP contribution in [0, 0.1) is 0 Å². The Bertz CT molecular complexity index is 259. The Labute approximate surface area is 122 Å². The summed E-state index contributed by atoms with van der Waals surface area (Å²) < 4.78 is 0. The van der Waals surface area contributed by atoms with Crippen molar-refractivity contribution in [2.45, 2.75) is 64.5 Å². The zero-order valence-corrected chi connectivity index (χ0v) is 13.6. The predicted molar refractivity (Wildman–Crippen MR) is 84.7 cm³/mol. The van der Waals surface area contributed by atoms with Gasteiger partial charge in [0.2, 0.25) is 5.91 Å². The molecule has 1 atom stereocenters. The van der Waals surface area contributed by atoms with Crippen LogP contribution >= 0.6 is 11.8 Å². The lowest BCUT2D eigenvalue weighted by Crippen LogP contribution is -2.52. The lowest BCUT2D eigenvalue weighted by atomic mass is 10.0. The number of nitrogens with one attached hydrogen (secondary N) is 1. The van der Waals surface area contributed by atoms with Gasteiger partial charge in [0.15, 0.2) is 0 Å². The summed E-state index contributed by atoms with van der Waals surface area (Å²) in [6, 6.07) is 0.450. The fourth-order valence-electron chi connectivity index (χ4n) is 2.62. The second kappa shape index (κ2) is 9.65. The third kappa shape index (κ3) is 6.66. The second-order valence-electron chi connectivity index (χ2n) is 5.75. The van der Waals surface area contributed by atoms with Crippen LogP contribution in [0.5, 0.6) is 0 Å². The van der Waals surface area contributed by atoms with Gasteiger partial charge in [0.1, 0.15) is 0 Å². The maximum absolute atomic E-state index is 12.3. The van der Waals surface area contributed by atoms with E-state index in [0.29, 0.717) is 11.9 Å². The number of likely N-dealkylation sites (tertiary alicyclic amines) is 1. The molecule has 1 unspecified atom stereocenters. The van der Waals surface area contributed by atoms with Gasteiger partial charge in [-0.1, -0.05) is 26.7 Å². The molecule has 0 radical (unpaired) electrons. The number of thioether (sulfide) groups is 1. The molecular formula is C15H30N2OS. The van der Waals surface area contributed by atoms with Crippen LogP contribution in [0.2, 0.25) is 0 Å². The number of carbonyl (C=O) groups excluding carboxylic acids is 1. The molecule has 112 valence electrons. The molecule has 1 fully saturated rings. The Morgan fingerprint density at radius 3 is 2.74 bits per heavy atom. The van der Waals surface area contributed by atoms with Crippen molar-refractivity contribution in [2.75, 3.05) is 25.1 Å². The van der Waals surface area contributed by atoms with Crippen LogP contribution in [0.4, 0.5) is 0 Å². The highest BCUT2D eigenvalue weighted by Crippen LogP contribution is 2.14. The first-order chi connectivity index (χ1) is 9.15. The summed E-state index contributed by atoms with van der Waals surface area (Å²) in [4.78, 5) is 14.4. The van der Waals surface area contributed by atoms with Gasteiger partial charge >= 0.3 is 0 Å². The molecule has 1 heterocycles. The van der Waals surface area contributed by atoms with Crippen LogP contribution in [-0.2, 0) is 4.79 Å². The second-order valence-corrected chi connectivity index (χ2v) is 6.73. The Kier molecular flexibility index (Phi) is 8.55. The van der Waals surface area contributed by atoms with E-state index in [-0.39, 0.29) is 6.04 Å². The Morgan fingerprint density at radius 2 is 2.05 bits per heavy atom. The number of hydrogen-bond acceptors (Lipinski definition) is 3. The molecule has 0 spiro atoms. The molecule has 1 aliphatic rings. The molecule has 1 rings (SSSR count). The molecule has 3 nitrogen and oxygen atoms in total. The summed E-state index contributed by atoms with van der Waals surface area (Å²) in [6.45, 7) is 6.13. The van der Waals surface area contributed by atoms with Gasteiger partial charge in [-0.2, -0.15) is 11.8 Å². The van der Waals surface area contributed by atoms with Gasteiger partial charge in [-0.3, -0.25) is 4.79 Å². The number of amides is 1. The van der Waals surface area contributed by atoms with Crippen molar-refractivity contribution in [1.29, 1.82) is 0 Å². The maximum atomic E-state index is 12.3. The van der Waals surface area contributed by atoms with Gasteiger partial charge in [-0.05, 0) is 37.7 Å². The van der Waals surface area contributed by atoms with E-state index < -0.39 is 0 Å². The zero-order valence-electron chi connectivity index (χ0n) is 12.8. The maximum Gasteiger partial charge on any atom is 0.239 e. The summed E-state index contributed by atoms with van der Waals surface area (Å²) in [5.74, 6) is 1.59. The number of carbonyl (C=O) groups is 1. The van der Waals surface area contributed by atoms with E-state index in [1.54, 1.807) is 0 Å². The van der Waals surface area contributed by atoms with E-state index in [2.05, 4.69) is 30.3 Å². The Hall–Kier alpha value is -0.220. The van der Waals surface area contributed by atoms with Crippen LogP contribution in [0.3, 0.4) is 0 Å². The number of nitrogens with zero attached hydrogens (tertiary/aromatic N) is 1. The largest absolute Gasteiger partial charge is 0.341 e. The molecule has 1 saturated heterocycles. The van der Waals surface area contributed by atoms with E-state index in [4.69, 9.17) is 0 Å². The first-order valence-corrected chi connectivity index (χ1v) is 9.08. The topological polar surface area (TPSA) is 32.3 Å². The summed E-state index contributed by atoms with van der Waals surface area (Å²) in [7, 11) is 0. The molecule has 0 aromatic rings. The summed E-state index contributed by atoms with van der Waals surface area (Å²) in [6.07, 6.45) is 9.34. The molecular weight excluding hydrogens is 256 g/mol. The molecule has 1 amide bonds. The molecule has 0 aromatic carbocycles. The Morgan fingerprint density at radius 1 is 1.32 bits per heavy atom. The number of unbranched alkanes of at least 4 members (excludes halogenated alkanes) is 3. The quantitative estimate of drug-likeness (QED) is 0.662. The van der Waals surface area contributed by atoms with Crippen LogP contribution in [0.25, 0.3) is 0 Å². The predicted octanol–water partition coefficient (Wildman–Crippen LogP) is 2.90. The fourth-order valence-corrected chi connectivity index (χ4v) is 3.11. The lowest BCUT2D eigenvalue weighted by molar-refractivity contribution is -0.136. The van der Waals surface area contributed by atoms with Gasteiger partial charge in [0.25, 0.3) is 0 Å². The summed E-state index contributed by atoms with van der Waals surface area (Å²) >= 11 is 1.92. The SMILES string of the molecule is CSCCCCCCN1CCCC(NC(C)C)C1=O. The van der Waals surface area contributed by atoms with Gasteiger partial charge in [0.05, 0.1) is 6.04 Å². The molecule has 0 aliphatic carbocycles. The average molecular weight is 286 g/mol. The molecule has 0 bridgehead atoms. The van der Waals surface area contributed by atoms with Gasteiger partial charge in [-0.25, -0.2) is 0 Å².